The smallest absolute Gasteiger partial charge is 0.237 e. The highest BCUT2D eigenvalue weighted by atomic mass is 16.2. The molecule has 0 aromatic carbocycles. The second-order valence-corrected chi connectivity index (χ2v) is 5.30. The van der Waals surface area contributed by atoms with E-state index < -0.39 is 0 Å². The molecule has 1 aromatic heterocycles. The van der Waals surface area contributed by atoms with E-state index in [9.17, 15) is 4.79 Å². The molecule has 1 saturated carbocycles. The molecule has 1 aromatic rings. The normalized spacial score (nSPS) is 30.3. The van der Waals surface area contributed by atoms with Crippen molar-refractivity contribution in [2.75, 3.05) is 13.1 Å². The number of carbonyl (C=O) groups excluding carboxylic acids is 1. The Morgan fingerprint density at radius 2 is 2.44 bits per heavy atom. The molecule has 5 heteroatoms. The number of nitrogens with one attached hydrogen (secondary N) is 2. The Balaban J connectivity index is 1.47. The number of amides is 1. The molecule has 2 heterocycles. The number of rotatable bonds is 4. The molecule has 5 nitrogen and oxygen atoms in total. The van der Waals surface area contributed by atoms with Crippen LogP contribution in [0.5, 0.6) is 0 Å². The quantitative estimate of drug-likeness (QED) is 0.810. The van der Waals surface area contributed by atoms with Gasteiger partial charge in [0.15, 0.2) is 0 Å². The lowest BCUT2D eigenvalue weighted by atomic mass is 9.94. The summed E-state index contributed by atoms with van der Waals surface area (Å²) in [6.45, 7) is 2.40. The van der Waals surface area contributed by atoms with Crippen molar-refractivity contribution >= 4 is 5.91 Å². The minimum absolute atomic E-state index is 0.0371. The lowest BCUT2D eigenvalue weighted by Crippen LogP contribution is -2.44. The Bertz CT molecular complexity index is 403. The Labute approximate surface area is 107 Å². The highest BCUT2D eigenvalue weighted by molar-refractivity contribution is 5.82. The fraction of sp³-hybridized carbons (Fsp3) is 0.692. The first kappa shape index (κ1) is 11.7. The predicted octanol–water partition coefficient (Wildman–Crippen LogP) is 0.387. The molecule has 1 aliphatic heterocycles. The number of aromatic nitrogens is 2. The summed E-state index contributed by atoms with van der Waals surface area (Å²) in [6, 6.07) is 1.93. The van der Waals surface area contributed by atoms with Gasteiger partial charge in [0.05, 0.1) is 12.6 Å². The van der Waals surface area contributed by atoms with Crippen LogP contribution in [-0.2, 0) is 11.3 Å². The van der Waals surface area contributed by atoms with Crippen LogP contribution < -0.4 is 10.6 Å². The standard InChI is InChI=1S/C13H20N4O/c18-13(14-6-8-17-7-2-5-16-17)12-11-4-1-3-10(11)9-15-12/h2,5,7,10-12,15H,1,3-4,6,8-9H2,(H,14,18). The highest BCUT2D eigenvalue weighted by Gasteiger charge is 2.42. The number of hydrogen-bond donors (Lipinski definition) is 2. The summed E-state index contributed by atoms with van der Waals surface area (Å²) >= 11 is 0. The molecule has 2 aliphatic rings. The van der Waals surface area contributed by atoms with Crippen LogP contribution in [-0.4, -0.2) is 34.8 Å². The van der Waals surface area contributed by atoms with Crippen LogP contribution >= 0.6 is 0 Å². The van der Waals surface area contributed by atoms with Gasteiger partial charge in [-0.3, -0.25) is 9.48 Å². The molecular formula is C13H20N4O. The van der Waals surface area contributed by atoms with Crippen molar-refractivity contribution in [3.63, 3.8) is 0 Å². The lowest BCUT2D eigenvalue weighted by Gasteiger charge is -2.17. The maximum Gasteiger partial charge on any atom is 0.237 e. The highest BCUT2D eigenvalue weighted by Crippen LogP contribution is 2.37. The number of nitrogens with zero attached hydrogens (tertiary/aromatic N) is 2. The van der Waals surface area contributed by atoms with E-state index in [1.807, 2.05) is 16.9 Å². The fourth-order valence-electron chi connectivity index (χ4n) is 3.31. The van der Waals surface area contributed by atoms with Gasteiger partial charge in [-0.05, 0) is 37.3 Å². The van der Waals surface area contributed by atoms with Gasteiger partial charge < -0.3 is 10.6 Å². The van der Waals surface area contributed by atoms with Crippen molar-refractivity contribution in [3.05, 3.63) is 18.5 Å². The van der Waals surface area contributed by atoms with Gasteiger partial charge in [0, 0.05) is 18.9 Å². The van der Waals surface area contributed by atoms with Crippen molar-refractivity contribution in [1.82, 2.24) is 20.4 Å². The first-order valence-corrected chi connectivity index (χ1v) is 6.83. The van der Waals surface area contributed by atoms with Crippen LogP contribution in [0.2, 0.25) is 0 Å². The second-order valence-electron chi connectivity index (χ2n) is 5.30. The van der Waals surface area contributed by atoms with Gasteiger partial charge in [0.1, 0.15) is 0 Å². The molecule has 18 heavy (non-hydrogen) atoms. The molecule has 1 aliphatic carbocycles. The van der Waals surface area contributed by atoms with Crippen molar-refractivity contribution in [2.45, 2.75) is 31.8 Å². The number of carbonyl (C=O) groups is 1. The number of hydrogen-bond acceptors (Lipinski definition) is 3. The topological polar surface area (TPSA) is 59.0 Å². The summed E-state index contributed by atoms with van der Waals surface area (Å²) < 4.78 is 1.83. The van der Waals surface area contributed by atoms with E-state index in [1.165, 1.54) is 19.3 Å². The van der Waals surface area contributed by atoms with Crippen LogP contribution in [0, 0.1) is 11.8 Å². The van der Waals surface area contributed by atoms with Crippen molar-refractivity contribution < 1.29 is 4.79 Å². The average Bonchev–Trinajstić information content (AvgIpc) is 3.05. The van der Waals surface area contributed by atoms with E-state index in [4.69, 9.17) is 0 Å². The predicted molar refractivity (Wildman–Crippen MR) is 67.9 cm³/mol. The van der Waals surface area contributed by atoms with Gasteiger partial charge in [0.2, 0.25) is 5.91 Å². The lowest BCUT2D eigenvalue weighted by molar-refractivity contribution is -0.123. The molecule has 3 unspecified atom stereocenters. The maximum absolute atomic E-state index is 12.1. The zero-order chi connectivity index (χ0) is 12.4. The van der Waals surface area contributed by atoms with Crippen LogP contribution in [0.4, 0.5) is 0 Å². The third kappa shape index (κ3) is 2.27. The third-order valence-corrected chi connectivity index (χ3v) is 4.23. The average molecular weight is 248 g/mol. The number of fused-ring (bicyclic) bond motifs is 1. The maximum atomic E-state index is 12.1. The van der Waals surface area contributed by atoms with E-state index >= 15 is 0 Å². The zero-order valence-electron chi connectivity index (χ0n) is 10.5. The summed E-state index contributed by atoms with van der Waals surface area (Å²) in [5.41, 5.74) is 0. The Hall–Kier alpha value is -1.36. The van der Waals surface area contributed by atoms with Gasteiger partial charge in [-0.2, -0.15) is 5.10 Å². The summed E-state index contributed by atoms with van der Waals surface area (Å²) in [4.78, 5) is 12.1. The third-order valence-electron chi connectivity index (χ3n) is 4.23. The van der Waals surface area contributed by atoms with Crippen LogP contribution in [0.3, 0.4) is 0 Å². The van der Waals surface area contributed by atoms with Crippen LogP contribution in [0.15, 0.2) is 18.5 Å². The second kappa shape index (κ2) is 5.10. The van der Waals surface area contributed by atoms with Crippen molar-refractivity contribution in [3.8, 4) is 0 Å². The van der Waals surface area contributed by atoms with E-state index in [0.29, 0.717) is 12.5 Å². The summed E-state index contributed by atoms with van der Waals surface area (Å²) in [6.07, 6.45) is 7.44. The molecule has 1 amide bonds. The van der Waals surface area contributed by atoms with Crippen molar-refractivity contribution in [2.24, 2.45) is 11.8 Å². The molecule has 3 rings (SSSR count). The molecule has 98 valence electrons. The Morgan fingerprint density at radius 3 is 3.28 bits per heavy atom. The summed E-state index contributed by atoms with van der Waals surface area (Å²) in [7, 11) is 0. The molecular weight excluding hydrogens is 228 g/mol. The first-order chi connectivity index (χ1) is 8.84. The van der Waals surface area contributed by atoms with Crippen molar-refractivity contribution in [1.29, 1.82) is 0 Å². The van der Waals surface area contributed by atoms with Gasteiger partial charge >= 0.3 is 0 Å². The fourth-order valence-corrected chi connectivity index (χ4v) is 3.31. The monoisotopic (exact) mass is 248 g/mol. The van der Waals surface area contributed by atoms with E-state index in [-0.39, 0.29) is 11.9 Å². The minimum atomic E-state index is 0.0371. The molecule has 3 atom stereocenters. The Morgan fingerprint density at radius 1 is 1.50 bits per heavy atom. The van der Waals surface area contributed by atoms with Gasteiger partial charge in [0.25, 0.3) is 0 Å². The van der Waals surface area contributed by atoms with E-state index in [0.717, 1.165) is 19.0 Å². The Kier molecular flexibility index (Phi) is 3.32. The van der Waals surface area contributed by atoms with Gasteiger partial charge in [-0.15, -0.1) is 0 Å². The van der Waals surface area contributed by atoms with Crippen LogP contribution in [0.1, 0.15) is 19.3 Å². The molecule has 2 N–H and O–H groups in total. The summed E-state index contributed by atoms with van der Waals surface area (Å²) in [5.74, 6) is 1.46. The largest absolute Gasteiger partial charge is 0.353 e. The SMILES string of the molecule is O=C(NCCn1cccn1)C1NCC2CCCC21. The minimum Gasteiger partial charge on any atom is -0.353 e. The first-order valence-electron chi connectivity index (χ1n) is 6.83. The molecule has 0 bridgehead atoms. The van der Waals surface area contributed by atoms with Gasteiger partial charge in [-0.25, -0.2) is 0 Å². The van der Waals surface area contributed by atoms with E-state index in [1.54, 1.807) is 6.20 Å². The molecule has 0 spiro atoms. The van der Waals surface area contributed by atoms with Crippen LogP contribution in [0.25, 0.3) is 0 Å². The molecule has 2 fully saturated rings. The molecule has 1 saturated heterocycles. The molecule has 0 radical (unpaired) electrons. The van der Waals surface area contributed by atoms with E-state index in [2.05, 4.69) is 15.7 Å². The van der Waals surface area contributed by atoms with Gasteiger partial charge in [-0.1, -0.05) is 6.42 Å². The summed E-state index contributed by atoms with van der Waals surface area (Å²) in [5, 5.41) is 10.5. The zero-order valence-corrected chi connectivity index (χ0v) is 10.5.